The van der Waals surface area contributed by atoms with E-state index in [1.165, 1.54) is 17.2 Å². The maximum absolute atomic E-state index is 12.7. The number of ether oxygens (including phenoxy) is 1. The monoisotopic (exact) mass is 548 g/mol. The predicted octanol–water partition coefficient (Wildman–Crippen LogP) is -2.68. The summed E-state index contributed by atoms with van der Waals surface area (Å²) >= 11 is 0. The van der Waals surface area contributed by atoms with E-state index in [0.717, 1.165) is 52.1 Å². The Labute approximate surface area is 226 Å². The van der Waals surface area contributed by atoms with Gasteiger partial charge in [-0.1, -0.05) is 6.42 Å². The van der Waals surface area contributed by atoms with Crippen molar-refractivity contribution in [1.82, 2.24) is 45.7 Å². The van der Waals surface area contributed by atoms with Crippen LogP contribution in [-0.2, 0) is 14.3 Å². The van der Waals surface area contributed by atoms with E-state index in [9.17, 15) is 19.8 Å². The molecular formula is C24H40N10O5. The van der Waals surface area contributed by atoms with Crippen LogP contribution in [0.4, 0.5) is 5.82 Å². The number of carbonyl (C=O) groups is 2. The number of nitrogen functional groups attached to an aromatic ring is 1. The zero-order valence-electron chi connectivity index (χ0n) is 22.1. The average molecular weight is 549 g/mol. The number of carbonyl (C=O) groups excluding carboxylic acids is 2. The van der Waals surface area contributed by atoms with Crippen molar-refractivity contribution < 1.29 is 24.5 Å². The van der Waals surface area contributed by atoms with E-state index < -0.39 is 30.4 Å². The summed E-state index contributed by atoms with van der Waals surface area (Å²) in [5, 5.41) is 33.8. The predicted molar refractivity (Wildman–Crippen MR) is 142 cm³/mol. The molecule has 15 heteroatoms. The number of fused-ring (bicyclic) bond motifs is 1. The van der Waals surface area contributed by atoms with Crippen LogP contribution in [0.5, 0.6) is 0 Å². The van der Waals surface area contributed by atoms with E-state index in [2.05, 4.69) is 36.2 Å². The number of unbranched alkanes of at least 4 members (excludes halogenated alkanes) is 2. The van der Waals surface area contributed by atoms with Crippen molar-refractivity contribution in [3.05, 3.63) is 12.7 Å². The second kappa shape index (κ2) is 14.4. The van der Waals surface area contributed by atoms with Crippen molar-refractivity contribution in [1.29, 1.82) is 0 Å². The standard InChI is InChI=1S/C24H40N10O5/c25-21-17-22(31-14-30-21)34(15-32-17)24-19(37)18(36)20(39-24)23(38)29-5-3-1-2-4-16(35)33-12-10-27-8-6-26-7-9-28-11-13-33/h14-15,18-20,24,26-28,36-37H,1-13H2,(H,29,38)(H2,25,30,31)/t18-,19+,20?,24+/m0/s1. The summed E-state index contributed by atoms with van der Waals surface area (Å²) in [5.74, 6) is -0.208. The number of amides is 2. The van der Waals surface area contributed by atoms with Crippen LogP contribution in [0.3, 0.4) is 0 Å². The maximum atomic E-state index is 12.7. The Kier molecular flexibility index (Phi) is 10.8. The fourth-order valence-electron chi connectivity index (χ4n) is 4.73. The van der Waals surface area contributed by atoms with E-state index in [4.69, 9.17) is 10.5 Å². The highest BCUT2D eigenvalue weighted by Gasteiger charge is 2.47. The van der Waals surface area contributed by atoms with Crippen LogP contribution in [0.2, 0.25) is 0 Å². The SMILES string of the molecule is Nc1ncnc2c1ncn2[C@@H]1OC(C(=O)NCCCCCC(=O)N2CCNCCNCCNCC2)[C@@H](O)[C@H]1O. The summed E-state index contributed by atoms with van der Waals surface area (Å²) in [6.07, 6.45) is 0.148. The number of aliphatic hydroxyl groups is 2. The van der Waals surface area contributed by atoms with Gasteiger partial charge in [-0.15, -0.1) is 0 Å². The Morgan fingerprint density at radius 1 is 0.974 bits per heavy atom. The van der Waals surface area contributed by atoms with E-state index in [-0.39, 0.29) is 11.7 Å². The molecule has 2 aromatic rings. The number of hydrogen-bond acceptors (Lipinski definition) is 12. The number of nitrogens with one attached hydrogen (secondary N) is 4. The molecule has 0 bridgehead atoms. The molecule has 39 heavy (non-hydrogen) atoms. The molecule has 4 heterocycles. The highest BCUT2D eigenvalue weighted by Crippen LogP contribution is 2.32. The molecule has 2 aliphatic rings. The van der Waals surface area contributed by atoms with Crippen LogP contribution in [0, 0.1) is 0 Å². The topological polar surface area (TPSA) is 205 Å². The Bertz CT molecular complexity index is 1070. The molecule has 8 N–H and O–H groups in total. The molecule has 4 atom stereocenters. The smallest absolute Gasteiger partial charge is 0.252 e. The molecule has 2 aromatic heterocycles. The van der Waals surface area contributed by atoms with Gasteiger partial charge in [-0.2, -0.15) is 0 Å². The van der Waals surface area contributed by atoms with Gasteiger partial charge in [0.25, 0.3) is 5.91 Å². The molecule has 0 aliphatic carbocycles. The first-order chi connectivity index (χ1) is 19.0. The van der Waals surface area contributed by atoms with Gasteiger partial charge in [-0.05, 0) is 12.8 Å². The first kappa shape index (κ1) is 29.0. The van der Waals surface area contributed by atoms with Gasteiger partial charge in [-0.3, -0.25) is 14.2 Å². The van der Waals surface area contributed by atoms with E-state index >= 15 is 0 Å². The van der Waals surface area contributed by atoms with E-state index in [1.807, 2.05) is 4.90 Å². The third-order valence-corrected chi connectivity index (χ3v) is 6.95. The Morgan fingerprint density at radius 3 is 2.38 bits per heavy atom. The van der Waals surface area contributed by atoms with Crippen LogP contribution in [-0.4, -0.2) is 124 Å². The lowest BCUT2D eigenvalue weighted by Crippen LogP contribution is -2.44. The van der Waals surface area contributed by atoms with Crippen LogP contribution in [0.1, 0.15) is 31.9 Å². The second-order valence-corrected chi connectivity index (χ2v) is 9.74. The minimum Gasteiger partial charge on any atom is -0.387 e. The Hall–Kier alpha value is -2.95. The van der Waals surface area contributed by atoms with Gasteiger partial charge in [0.1, 0.15) is 24.1 Å². The van der Waals surface area contributed by atoms with Crippen LogP contribution >= 0.6 is 0 Å². The molecule has 2 fully saturated rings. The quantitative estimate of drug-likeness (QED) is 0.169. The summed E-state index contributed by atoms with van der Waals surface area (Å²) < 4.78 is 7.14. The van der Waals surface area contributed by atoms with Gasteiger partial charge >= 0.3 is 0 Å². The zero-order valence-corrected chi connectivity index (χ0v) is 22.1. The van der Waals surface area contributed by atoms with Crippen molar-refractivity contribution in [2.24, 2.45) is 0 Å². The summed E-state index contributed by atoms with van der Waals surface area (Å²) in [4.78, 5) is 39.5. The largest absolute Gasteiger partial charge is 0.387 e. The molecule has 0 spiro atoms. The number of nitrogens with zero attached hydrogens (tertiary/aromatic N) is 5. The molecule has 4 rings (SSSR count). The van der Waals surface area contributed by atoms with Crippen molar-refractivity contribution in [2.75, 3.05) is 64.6 Å². The summed E-state index contributed by atoms with van der Waals surface area (Å²) in [6.45, 7) is 6.83. The third kappa shape index (κ3) is 7.58. The molecule has 2 amide bonds. The van der Waals surface area contributed by atoms with Gasteiger partial charge in [0.15, 0.2) is 23.8 Å². The maximum Gasteiger partial charge on any atom is 0.252 e. The number of hydrogen-bond donors (Lipinski definition) is 7. The summed E-state index contributed by atoms with van der Waals surface area (Å²) in [6, 6.07) is 0. The van der Waals surface area contributed by atoms with Crippen LogP contribution in [0.15, 0.2) is 12.7 Å². The van der Waals surface area contributed by atoms with Crippen molar-refractivity contribution in [3.8, 4) is 0 Å². The number of anilines is 1. The second-order valence-electron chi connectivity index (χ2n) is 9.74. The lowest BCUT2D eigenvalue weighted by molar-refractivity contribution is -0.137. The lowest BCUT2D eigenvalue weighted by Gasteiger charge is -2.24. The third-order valence-electron chi connectivity index (χ3n) is 6.95. The number of aliphatic hydroxyl groups excluding tert-OH is 2. The van der Waals surface area contributed by atoms with Gasteiger partial charge < -0.3 is 46.9 Å². The lowest BCUT2D eigenvalue weighted by atomic mass is 10.1. The van der Waals surface area contributed by atoms with E-state index in [0.29, 0.717) is 43.6 Å². The number of rotatable bonds is 8. The van der Waals surface area contributed by atoms with Gasteiger partial charge in [0.05, 0.1) is 6.33 Å². The minimum absolute atomic E-state index is 0.138. The first-order valence-corrected chi connectivity index (χ1v) is 13.6. The van der Waals surface area contributed by atoms with E-state index in [1.54, 1.807) is 0 Å². The molecule has 2 saturated heterocycles. The minimum atomic E-state index is -1.43. The van der Waals surface area contributed by atoms with Crippen LogP contribution in [0.25, 0.3) is 11.2 Å². The molecule has 1 unspecified atom stereocenters. The van der Waals surface area contributed by atoms with Crippen molar-refractivity contribution >= 4 is 28.8 Å². The molecule has 0 radical (unpaired) electrons. The normalized spacial score (nSPS) is 25.2. The Morgan fingerprint density at radius 2 is 1.67 bits per heavy atom. The van der Waals surface area contributed by atoms with Crippen LogP contribution < -0.4 is 27.0 Å². The average Bonchev–Trinajstić information content (AvgIpc) is 3.48. The number of aromatic nitrogens is 4. The zero-order chi connectivity index (χ0) is 27.6. The molecule has 15 nitrogen and oxygen atoms in total. The highest BCUT2D eigenvalue weighted by molar-refractivity contribution is 5.82. The molecule has 0 aromatic carbocycles. The number of nitrogens with two attached hydrogens (primary N) is 1. The molecule has 0 saturated carbocycles. The first-order valence-electron chi connectivity index (χ1n) is 13.6. The highest BCUT2D eigenvalue weighted by atomic mass is 16.6. The van der Waals surface area contributed by atoms with Gasteiger partial charge in [0.2, 0.25) is 5.91 Å². The molecular weight excluding hydrogens is 508 g/mol. The van der Waals surface area contributed by atoms with Gasteiger partial charge in [-0.25, -0.2) is 15.0 Å². The molecule has 216 valence electrons. The van der Waals surface area contributed by atoms with Gasteiger partial charge in [0, 0.05) is 65.3 Å². The number of imidazole rings is 1. The Balaban J connectivity index is 1.17. The summed E-state index contributed by atoms with van der Waals surface area (Å²) in [7, 11) is 0. The fraction of sp³-hybridized carbons (Fsp3) is 0.708. The van der Waals surface area contributed by atoms with Crippen molar-refractivity contribution in [2.45, 2.75) is 50.2 Å². The summed E-state index contributed by atoms with van der Waals surface area (Å²) in [5.41, 5.74) is 6.47. The molecule has 2 aliphatic heterocycles. The van der Waals surface area contributed by atoms with Crippen molar-refractivity contribution in [3.63, 3.8) is 0 Å². The fourth-order valence-corrected chi connectivity index (χ4v) is 4.73.